The van der Waals surface area contributed by atoms with Crippen LogP contribution in [0.3, 0.4) is 0 Å². The third kappa shape index (κ3) is 3.95. The van der Waals surface area contributed by atoms with E-state index in [9.17, 15) is 9.18 Å². The Bertz CT molecular complexity index is 456. The number of anilines is 1. The first-order chi connectivity index (χ1) is 9.70. The molecule has 0 unspecified atom stereocenters. The van der Waals surface area contributed by atoms with Crippen LogP contribution >= 0.6 is 0 Å². The molecule has 4 heteroatoms. The Balaban J connectivity index is 1.87. The average Bonchev–Trinajstić information content (AvgIpc) is 2.49. The van der Waals surface area contributed by atoms with Crippen molar-refractivity contribution in [3.05, 3.63) is 29.6 Å². The number of ether oxygens (including phenoxy) is 1. The summed E-state index contributed by atoms with van der Waals surface area (Å²) in [5.41, 5.74) is 0.748. The van der Waals surface area contributed by atoms with Crippen LogP contribution in [0.15, 0.2) is 18.2 Å². The van der Waals surface area contributed by atoms with Crippen LogP contribution in [0.4, 0.5) is 10.1 Å². The Morgan fingerprint density at radius 3 is 2.80 bits per heavy atom. The maximum absolute atomic E-state index is 13.5. The Labute approximate surface area is 119 Å². The fourth-order valence-corrected chi connectivity index (χ4v) is 2.80. The van der Waals surface area contributed by atoms with Gasteiger partial charge in [-0.1, -0.05) is 32.1 Å². The quantitative estimate of drug-likeness (QED) is 0.828. The topological polar surface area (TPSA) is 38.3 Å². The van der Waals surface area contributed by atoms with Gasteiger partial charge >= 0.3 is 5.97 Å². The van der Waals surface area contributed by atoms with Crippen molar-refractivity contribution in [1.29, 1.82) is 0 Å². The molecule has 0 aliphatic heterocycles. The zero-order valence-corrected chi connectivity index (χ0v) is 12.0. The number of benzene rings is 1. The molecule has 1 N–H and O–H groups in total. The minimum Gasteiger partial charge on any atom is -0.465 e. The normalized spacial score (nSPS) is 15.9. The van der Waals surface area contributed by atoms with Crippen molar-refractivity contribution < 1.29 is 13.9 Å². The molecule has 1 aliphatic rings. The van der Waals surface area contributed by atoms with Crippen LogP contribution in [0.25, 0.3) is 0 Å². The van der Waals surface area contributed by atoms with E-state index in [1.54, 1.807) is 6.07 Å². The second-order valence-electron chi connectivity index (χ2n) is 5.41. The van der Waals surface area contributed by atoms with Gasteiger partial charge in [-0.3, -0.25) is 0 Å². The zero-order valence-electron chi connectivity index (χ0n) is 12.0. The minimum atomic E-state index is -0.640. The molecule has 0 atom stereocenters. The summed E-state index contributed by atoms with van der Waals surface area (Å²) in [6.07, 6.45) is 7.81. The monoisotopic (exact) mass is 279 g/mol. The summed E-state index contributed by atoms with van der Waals surface area (Å²) >= 11 is 0. The lowest BCUT2D eigenvalue weighted by Crippen LogP contribution is -2.12. The molecule has 0 amide bonds. The van der Waals surface area contributed by atoms with Crippen molar-refractivity contribution in [2.45, 2.75) is 38.5 Å². The number of hydrogen-bond acceptors (Lipinski definition) is 3. The van der Waals surface area contributed by atoms with Gasteiger partial charge in [-0.2, -0.15) is 0 Å². The van der Waals surface area contributed by atoms with Crippen molar-refractivity contribution in [1.82, 2.24) is 0 Å². The SMILES string of the molecule is COC(=O)c1cc(NCCC2CCCCC2)ccc1F. The summed E-state index contributed by atoms with van der Waals surface area (Å²) in [6.45, 7) is 0.858. The highest BCUT2D eigenvalue weighted by Crippen LogP contribution is 2.26. The molecule has 0 saturated heterocycles. The molecule has 0 bridgehead atoms. The molecule has 0 heterocycles. The molecule has 1 aromatic rings. The molecule has 0 radical (unpaired) electrons. The van der Waals surface area contributed by atoms with Crippen molar-refractivity contribution in [2.24, 2.45) is 5.92 Å². The number of halogens is 1. The number of hydrogen-bond donors (Lipinski definition) is 1. The highest BCUT2D eigenvalue weighted by molar-refractivity contribution is 5.90. The van der Waals surface area contributed by atoms with Crippen LogP contribution in [0.5, 0.6) is 0 Å². The predicted molar refractivity (Wildman–Crippen MR) is 77.4 cm³/mol. The van der Waals surface area contributed by atoms with E-state index in [-0.39, 0.29) is 5.56 Å². The summed E-state index contributed by atoms with van der Waals surface area (Å²) in [5, 5.41) is 3.26. The van der Waals surface area contributed by atoms with E-state index in [0.29, 0.717) is 0 Å². The summed E-state index contributed by atoms with van der Waals surface area (Å²) in [4.78, 5) is 11.4. The smallest absolute Gasteiger partial charge is 0.340 e. The van der Waals surface area contributed by atoms with Gasteiger partial charge in [0.25, 0.3) is 0 Å². The van der Waals surface area contributed by atoms with Crippen LogP contribution in [-0.2, 0) is 4.74 Å². The summed E-state index contributed by atoms with van der Waals surface area (Å²) in [5.74, 6) is -0.384. The van der Waals surface area contributed by atoms with Gasteiger partial charge in [-0.05, 0) is 30.5 Å². The van der Waals surface area contributed by atoms with Gasteiger partial charge in [0.15, 0.2) is 0 Å². The largest absolute Gasteiger partial charge is 0.465 e. The number of nitrogens with one attached hydrogen (secondary N) is 1. The van der Waals surface area contributed by atoms with Gasteiger partial charge in [0.05, 0.1) is 12.7 Å². The molecular weight excluding hydrogens is 257 g/mol. The van der Waals surface area contributed by atoms with Crippen molar-refractivity contribution >= 4 is 11.7 Å². The predicted octanol–water partition coefficient (Wildman–Crippen LogP) is 3.99. The van der Waals surface area contributed by atoms with E-state index in [0.717, 1.165) is 24.6 Å². The Morgan fingerprint density at radius 2 is 2.10 bits per heavy atom. The van der Waals surface area contributed by atoms with Crippen molar-refractivity contribution in [3.8, 4) is 0 Å². The van der Waals surface area contributed by atoms with Crippen LogP contribution < -0.4 is 5.32 Å². The first-order valence-electron chi connectivity index (χ1n) is 7.32. The van der Waals surface area contributed by atoms with E-state index >= 15 is 0 Å². The fraction of sp³-hybridized carbons (Fsp3) is 0.562. The van der Waals surface area contributed by atoms with Gasteiger partial charge in [-0.25, -0.2) is 9.18 Å². The van der Waals surface area contributed by atoms with Crippen LogP contribution in [-0.4, -0.2) is 19.6 Å². The second-order valence-corrected chi connectivity index (χ2v) is 5.41. The third-order valence-electron chi connectivity index (χ3n) is 3.98. The maximum Gasteiger partial charge on any atom is 0.340 e. The average molecular weight is 279 g/mol. The lowest BCUT2D eigenvalue weighted by molar-refractivity contribution is 0.0595. The minimum absolute atomic E-state index is 0.0184. The maximum atomic E-state index is 13.5. The molecule has 1 aromatic carbocycles. The molecule has 0 spiro atoms. The molecule has 20 heavy (non-hydrogen) atoms. The van der Waals surface area contributed by atoms with Crippen LogP contribution in [0.2, 0.25) is 0 Å². The van der Waals surface area contributed by atoms with Crippen LogP contribution in [0.1, 0.15) is 48.9 Å². The van der Waals surface area contributed by atoms with Crippen molar-refractivity contribution in [2.75, 3.05) is 19.0 Å². The second kappa shape index (κ2) is 7.27. The standard InChI is InChI=1S/C16H22FNO2/c1-20-16(19)14-11-13(7-8-15(14)17)18-10-9-12-5-3-2-4-6-12/h7-8,11-12,18H,2-6,9-10H2,1H3. The Kier molecular flexibility index (Phi) is 5.39. The number of carbonyl (C=O) groups is 1. The summed E-state index contributed by atoms with van der Waals surface area (Å²) in [7, 11) is 1.25. The summed E-state index contributed by atoms with van der Waals surface area (Å²) < 4.78 is 18.1. The number of methoxy groups -OCH3 is 1. The van der Waals surface area contributed by atoms with Gasteiger partial charge in [0, 0.05) is 12.2 Å². The molecular formula is C16H22FNO2. The molecule has 3 nitrogen and oxygen atoms in total. The zero-order chi connectivity index (χ0) is 14.4. The fourth-order valence-electron chi connectivity index (χ4n) is 2.80. The van der Waals surface area contributed by atoms with Gasteiger partial charge in [0.2, 0.25) is 0 Å². The molecule has 110 valence electrons. The number of carbonyl (C=O) groups excluding carboxylic acids is 1. The molecule has 1 aliphatic carbocycles. The summed E-state index contributed by atoms with van der Waals surface area (Å²) in [6, 6.07) is 4.47. The lowest BCUT2D eigenvalue weighted by Gasteiger charge is -2.21. The molecule has 2 rings (SSSR count). The van der Waals surface area contributed by atoms with Gasteiger partial charge in [0.1, 0.15) is 5.82 Å². The van der Waals surface area contributed by atoms with Crippen molar-refractivity contribution in [3.63, 3.8) is 0 Å². The van der Waals surface area contributed by atoms with Gasteiger partial charge in [-0.15, -0.1) is 0 Å². The highest BCUT2D eigenvalue weighted by atomic mass is 19.1. The van der Waals surface area contributed by atoms with E-state index in [2.05, 4.69) is 10.1 Å². The number of esters is 1. The molecule has 1 fully saturated rings. The van der Waals surface area contributed by atoms with Gasteiger partial charge < -0.3 is 10.1 Å². The molecule has 0 aromatic heterocycles. The van der Waals surface area contributed by atoms with Crippen LogP contribution in [0, 0.1) is 11.7 Å². The van der Waals surface area contributed by atoms with E-state index in [4.69, 9.17) is 0 Å². The lowest BCUT2D eigenvalue weighted by atomic mass is 9.87. The Morgan fingerprint density at radius 1 is 1.35 bits per heavy atom. The number of rotatable bonds is 5. The van der Waals surface area contributed by atoms with E-state index in [1.165, 1.54) is 51.3 Å². The van der Waals surface area contributed by atoms with E-state index in [1.807, 2.05) is 0 Å². The van der Waals surface area contributed by atoms with E-state index < -0.39 is 11.8 Å². The highest BCUT2D eigenvalue weighted by Gasteiger charge is 2.14. The first-order valence-corrected chi connectivity index (χ1v) is 7.32. The first kappa shape index (κ1) is 14.8. The Hall–Kier alpha value is -1.58. The third-order valence-corrected chi connectivity index (χ3v) is 3.98. The molecule has 1 saturated carbocycles.